The van der Waals surface area contributed by atoms with Crippen LogP contribution < -0.4 is 5.73 Å². The van der Waals surface area contributed by atoms with E-state index in [0.29, 0.717) is 24.1 Å². The van der Waals surface area contributed by atoms with E-state index in [0.717, 1.165) is 6.42 Å². The fourth-order valence-electron chi connectivity index (χ4n) is 2.32. The molecule has 1 heterocycles. The Labute approximate surface area is 151 Å². The van der Waals surface area contributed by atoms with Crippen LogP contribution in [0.1, 0.15) is 41.0 Å². The van der Waals surface area contributed by atoms with Crippen molar-refractivity contribution in [3.05, 3.63) is 0 Å². The maximum Gasteiger partial charge on any atom is 0.246 e. The topological polar surface area (TPSA) is 66.6 Å². The van der Waals surface area contributed by atoms with Gasteiger partial charge in [0.1, 0.15) is 6.04 Å². The summed E-state index contributed by atoms with van der Waals surface area (Å²) >= 11 is 1.64. The van der Waals surface area contributed by atoms with E-state index in [4.69, 9.17) is 5.73 Å². The van der Waals surface area contributed by atoms with E-state index >= 15 is 0 Å². The number of carbonyl (C=O) groups excluding carboxylic acids is 2. The van der Waals surface area contributed by atoms with Crippen molar-refractivity contribution in [1.82, 2.24) is 9.80 Å². The van der Waals surface area contributed by atoms with Crippen LogP contribution >= 0.6 is 24.2 Å². The molecule has 0 aromatic heterocycles. The van der Waals surface area contributed by atoms with Crippen LogP contribution in [0.3, 0.4) is 0 Å². The molecule has 2 N–H and O–H groups in total. The Morgan fingerprint density at radius 1 is 1.35 bits per heavy atom. The average molecular weight is 366 g/mol. The molecule has 1 aliphatic rings. The number of nitrogens with zero attached hydrogens (tertiary/aromatic N) is 2. The minimum absolute atomic E-state index is 0. The van der Waals surface area contributed by atoms with Crippen LogP contribution in [0.25, 0.3) is 0 Å². The summed E-state index contributed by atoms with van der Waals surface area (Å²) in [6.07, 6.45) is 0.785. The van der Waals surface area contributed by atoms with Crippen molar-refractivity contribution in [3.63, 3.8) is 0 Å². The molecule has 0 aliphatic carbocycles. The lowest BCUT2D eigenvalue weighted by Gasteiger charge is -2.32. The van der Waals surface area contributed by atoms with E-state index < -0.39 is 5.41 Å². The summed E-state index contributed by atoms with van der Waals surface area (Å²) in [5.41, 5.74) is 5.59. The molecule has 0 saturated carbocycles. The van der Waals surface area contributed by atoms with Crippen LogP contribution in [0.15, 0.2) is 0 Å². The van der Waals surface area contributed by atoms with Gasteiger partial charge in [-0.05, 0) is 12.3 Å². The molecule has 136 valence electrons. The third-order valence-electron chi connectivity index (χ3n) is 4.10. The van der Waals surface area contributed by atoms with Gasteiger partial charge in [0.15, 0.2) is 0 Å². The van der Waals surface area contributed by atoms with E-state index in [1.807, 2.05) is 20.8 Å². The lowest BCUT2D eigenvalue weighted by atomic mass is 9.94. The number of hydrogen-bond acceptors (Lipinski definition) is 4. The summed E-state index contributed by atoms with van der Waals surface area (Å²) in [4.78, 5) is 28.6. The van der Waals surface area contributed by atoms with Gasteiger partial charge >= 0.3 is 0 Å². The lowest BCUT2D eigenvalue weighted by Crippen LogP contribution is -2.51. The second-order valence-corrected chi connectivity index (χ2v) is 8.50. The second kappa shape index (κ2) is 9.14. The Morgan fingerprint density at radius 2 is 1.91 bits per heavy atom. The molecular weight excluding hydrogens is 334 g/mol. The van der Waals surface area contributed by atoms with Gasteiger partial charge in [0.2, 0.25) is 11.8 Å². The highest BCUT2D eigenvalue weighted by atomic mass is 35.5. The molecule has 0 radical (unpaired) electrons. The smallest absolute Gasteiger partial charge is 0.246 e. The van der Waals surface area contributed by atoms with Crippen LogP contribution in [0.5, 0.6) is 0 Å². The molecule has 1 aliphatic heterocycles. The zero-order valence-corrected chi connectivity index (χ0v) is 16.8. The zero-order chi connectivity index (χ0) is 17.1. The highest BCUT2D eigenvalue weighted by Gasteiger charge is 2.39. The van der Waals surface area contributed by atoms with E-state index in [2.05, 4.69) is 13.8 Å². The van der Waals surface area contributed by atoms with Crippen LogP contribution in [-0.2, 0) is 9.59 Å². The van der Waals surface area contributed by atoms with Gasteiger partial charge in [-0.25, -0.2) is 0 Å². The molecule has 0 bridgehead atoms. The number of rotatable bonds is 5. The van der Waals surface area contributed by atoms with E-state index in [1.54, 1.807) is 28.6 Å². The van der Waals surface area contributed by atoms with Crippen molar-refractivity contribution in [2.24, 2.45) is 17.1 Å². The highest BCUT2D eigenvalue weighted by molar-refractivity contribution is 7.99. The van der Waals surface area contributed by atoms with E-state index in [-0.39, 0.29) is 36.3 Å². The maximum absolute atomic E-state index is 12.6. The van der Waals surface area contributed by atoms with Crippen LogP contribution in [0.4, 0.5) is 0 Å². The first-order chi connectivity index (χ1) is 10.1. The molecule has 2 amide bonds. The Kier molecular flexibility index (Phi) is 8.95. The summed E-state index contributed by atoms with van der Waals surface area (Å²) in [6.45, 7) is 10.5. The molecule has 0 spiro atoms. The number of hydrogen-bond donors (Lipinski definition) is 1. The second-order valence-electron chi connectivity index (χ2n) is 7.50. The quantitative estimate of drug-likeness (QED) is 0.810. The minimum atomic E-state index is -0.456. The zero-order valence-electron chi connectivity index (χ0n) is 15.2. The summed E-state index contributed by atoms with van der Waals surface area (Å²) in [5, 5.41) is 0. The SMILES string of the molecule is CC(C)C(N)CCN(C)C(=O)C1CSCN1C(=O)C(C)(C)C.Cl. The molecule has 1 fully saturated rings. The number of nitrogens with two attached hydrogens (primary N) is 1. The largest absolute Gasteiger partial charge is 0.344 e. The molecule has 1 saturated heterocycles. The Balaban J connectivity index is 0.00000484. The number of halogens is 1. The first kappa shape index (κ1) is 22.5. The minimum Gasteiger partial charge on any atom is -0.344 e. The predicted molar refractivity (Wildman–Crippen MR) is 99.7 cm³/mol. The summed E-state index contributed by atoms with van der Waals surface area (Å²) in [5.74, 6) is 1.76. The molecule has 0 aromatic rings. The summed E-state index contributed by atoms with van der Waals surface area (Å²) in [6, 6.07) is -0.238. The molecule has 7 heteroatoms. The first-order valence-electron chi connectivity index (χ1n) is 7.95. The third kappa shape index (κ3) is 6.16. The average Bonchev–Trinajstić information content (AvgIpc) is 2.90. The Hall–Kier alpha value is -0.460. The molecule has 2 atom stereocenters. The van der Waals surface area contributed by atoms with Crippen LogP contribution in [-0.4, -0.2) is 58.9 Å². The highest BCUT2D eigenvalue weighted by Crippen LogP contribution is 2.28. The third-order valence-corrected chi connectivity index (χ3v) is 5.11. The Morgan fingerprint density at radius 3 is 2.39 bits per heavy atom. The van der Waals surface area contributed by atoms with Gasteiger partial charge in [-0.2, -0.15) is 0 Å². The fraction of sp³-hybridized carbons (Fsp3) is 0.875. The van der Waals surface area contributed by atoms with Crippen molar-refractivity contribution >= 4 is 36.0 Å². The summed E-state index contributed by atoms with van der Waals surface area (Å²) < 4.78 is 0. The molecule has 2 unspecified atom stereocenters. The van der Waals surface area contributed by atoms with Gasteiger partial charge < -0.3 is 15.5 Å². The Bertz CT molecular complexity index is 413. The molecular formula is C16H32ClN3O2S. The summed E-state index contributed by atoms with van der Waals surface area (Å²) in [7, 11) is 1.80. The van der Waals surface area contributed by atoms with Gasteiger partial charge in [-0.15, -0.1) is 24.2 Å². The maximum atomic E-state index is 12.6. The number of amides is 2. The molecule has 0 aromatic carbocycles. The van der Waals surface area contributed by atoms with E-state index in [9.17, 15) is 9.59 Å². The van der Waals surface area contributed by atoms with Crippen LogP contribution in [0.2, 0.25) is 0 Å². The van der Waals surface area contributed by atoms with Crippen molar-refractivity contribution in [2.45, 2.75) is 53.1 Å². The number of thioether (sulfide) groups is 1. The first-order valence-corrected chi connectivity index (χ1v) is 9.10. The lowest BCUT2D eigenvalue weighted by molar-refractivity contribution is -0.147. The normalized spacial score (nSPS) is 19.5. The number of likely N-dealkylation sites (N-methyl/N-ethyl adjacent to an activating group) is 1. The fourth-order valence-corrected chi connectivity index (χ4v) is 3.46. The standard InChI is InChI=1S/C16H31N3O2S.ClH/c1-11(2)12(17)7-8-18(6)14(20)13-9-22-10-19(13)15(21)16(3,4)5;/h11-13H,7-10,17H2,1-6H3;1H. The van der Waals surface area contributed by atoms with Gasteiger partial charge in [0, 0.05) is 30.8 Å². The van der Waals surface area contributed by atoms with Crippen molar-refractivity contribution in [3.8, 4) is 0 Å². The van der Waals surface area contributed by atoms with Gasteiger partial charge in [-0.1, -0.05) is 34.6 Å². The van der Waals surface area contributed by atoms with Crippen molar-refractivity contribution in [2.75, 3.05) is 25.2 Å². The van der Waals surface area contributed by atoms with Gasteiger partial charge in [-0.3, -0.25) is 9.59 Å². The predicted octanol–water partition coefficient (Wildman–Crippen LogP) is 2.19. The van der Waals surface area contributed by atoms with Gasteiger partial charge in [0.05, 0.1) is 5.88 Å². The molecule has 23 heavy (non-hydrogen) atoms. The monoisotopic (exact) mass is 365 g/mol. The molecule has 5 nitrogen and oxygen atoms in total. The van der Waals surface area contributed by atoms with Crippen LogP contribution in [0, 0.1) is 11.3 Å². The number of carbonyl (C=O) groups is 2. The van der Waals surface area contributed by atoms with Gasteiger partial charge in [0.25, 0.3) is 0 Å². The molecule has 1 rings (SSSR count). The van der Waals surface area contributed by atoms with Crippen molar-refractivity contribution < 1.29 is 9.59 Å². The van der Waals surface area contributed by atoms with E-state index in [1.165, 1.54) is 0 Å². The van der Waals surface area contributed by atoms with Crippen molar-refractivity contribution in [1.29, 1.82) is 0 Å².